The first-order valence-electron chi connectivity index (χ1n) is 12.4. The molecule has 1 aromatic heterocycles. The normalized spacial score (nSPS) is 21.6. The van der Waals surface area contributed by atoms with Gasteiger partial charge >= 0.3 is 6.03 Å². The third-order valence-electron chi connectivity index (χ3n) is 7.21. The molecule has 3 aliphatic rings. The highest BCUT2D eigenvalue weighted by atomic mass is 16.5. The minimum Gasteiger partial charge on any atom is -0.381 e. The van der Waals surface area contributed by atoms with Crippen molar-refractivity contribution in [2.75, 3.05) is 57.5 Å². The van der Waals surface area contributed by atoms with Gasteiger partial charge in [0.1, 0.15) is 5.82 Å². The molecule has 0 bridgehead atoms. The van der Waals surface area contributed by atoms with Crippen molar-refractivity contribution < 1.29 is 14.3 Å². The summed E-state index contributed by atoms with van der Waals surface area (Å²) in [7, 11) is 0. The molecule has 4 heterocycles. The van der Waals surface area contributed by atoms with E-state index < -0.39 is 0 Å². The van der Waals surface area contributed by atoms with Gasteiger partial charge in [-0.3, -0.25) is 4.90 Å². The molecule has 2 saturated heterocycles. The van der Waals surface area contributed by atoms with Crippen molar-refractivity contribution in [1.29, 1.82) is 0 Å². The van der Waals surface area contributed by atoms with E-state index in [1.807, 2.05) is 6.20 Å². The molecule has 0 spiro atoms. The van der Waals surface area contributed by atoms with Gasteiger partial charge in [0.2, 0.25) is 0 Å². The highest BCUT2D eigenvalue weighted by Gasteiger charge is 2.31. The Morgan fingerprint density at radius 3 is 2.65 bits per heavy atom. The lowest BCUT2D eigenvalue weighted by atomic mass is 9.97. The van der Waals surface area contributed by atoms with Crippen LogP contribution >= 0.6 is 0 Å². The number of carbonyl (C=O) groups excluding carboxylic acids is 1. The second-order valence-electron chi connectivity index (χ2n) is 9.37. The summed E-state index contributed by atoms with van der Waals surface area (Å²) in [5.74, 6) is 1.44. The molecule has 2 amide bonds. The van der Waals surface area contributed by atoms with Gasteiger partial charge in [0, 0.05) is 64.0 Å². The van der Waals surface area contributed by atoms with E-state index in [4.69, 9.17) is 9.47 Å². The maximum absolute atomic E-state index is 12.5. The Balaban J connectivity index is 1.10. The van der Waals surface area contributed by atoms with Crippen molar-refractivity contribution in [1.82, 2.24) is 20.5 Å². The number of amides is 2. The van der Waals surface area contributed by atoms with E-state index in [1.54, 1.807) is 0 Å². The lowest BCUT2D eigenvalue weighted by Gasteiger charge is -2.37. The largest absolute Gasteiger partial charge is 0.381 e. The number of hydrogen-bond acceptors (Lipinski definition) is 6. The van der Waals surface area contributed by atoms with Gasteiger partial charge in [-0.1, -0.05) is 30.3 Å². The van der Waals surface area contributed by atoms with E-state index in [0.29, 0.717) is 19.0 Å². The molecular formula is C26H35N5O3. The van der Waals surface area contributed by atoms with Crippen LogP contribution < -0.4 is 15.5 Å². The Hall–Kier alpha value is -2.68. The summed E-state index contributed by atoms with van der Waals surface area (Å²) in [4.78, 5) is 21.9. The summed E-state index contributed by atoms with van der Waals surface area (Å²) >= 11 is 0. The Labute approximate surface area is 201 Å². The van der Waals surface area contributed by atoms with Gasteiger partial charge in [-0.25, -0.2) is 9.78 Å². The van der Waals surface area contributed by atoms with E-state index in [1.165, 1.54) is 11.1 Å². The van der Waals surface area contributed by atoms with Crippen LogP contribution in [0, 0.1) is 5.92 Å². The van der Waals surface area contributed by atoms with Crippen LogP contribution in [0.25, 0.3) is 0 Å². The van der Waals surface area contributed by atoms with Crippen LogP contribution in [0.2, 0.25) is 0 Å². The molecule has 2 N–H and O–H groups in total. The van der Waals surface area contributed by atoms with Crippen molar-refractivity contribution in [3.8, 4) is 0 Å². The number of morpholine rings is 1. The van der Waals surface area contributed by atoms with Crippen molar-refractivity contribution in [2.45, 2.75) is 32.0 Å². The number of anilines is 1. The fraction of sp³-hybridized carbons (Fsp3) is 0.538. The number of urea groups is 1. The maximum Gasteiger partial charge on any atom is 0.315 e. The van der Waals surface area contributed by atoms with E-state index in [-0.39, 0.29) is 12.1 Å². The number of nitrogens with zero attached hydrogens (tertiary/aromatic N) is 3. The molecule has 34 heavy (non-hydrogen) atoms. The molecule has 2 fully saturated rings. The molecular weight excluding hydrogens is 430 g/mol. The number of ether oxygens (including phenoxy) is 2. The predicted molar refractivity (Wildman–Crippen MR) is 131 cm³/mol. The Bertz CT molecular complexity index is 942. The SMILES string of the molecule is O=C(NCc1ccc(N2CCc3ccccc3C2)nc1)NCC(C1CCOC1)N1CCOCC1. The van der Waals surface area contributed by atoms with E-state index in [0.717, 1.165) is 76.8 Å². The quantitative estimate of drug-likeness (QED) is 0.653. The first-order chi connectivity index (χ1) is 16.8. The summed E-state index contributed by atoms with van der Waals surface area (Å²) in [6, 6.07) is 12.9. The van der Waals surface area contributed by atoms with Crippen LogP contribution in [-0.2, 0) is 29.0 Å². The van der Waals surface area contributed by atoms with Gasteiger partial charge in [0.05, 0.1) is 19.8 Å². The number of fused-ring (bicyclic) bond motifs is 1. The van der Waals surface area contributed by atoms with Crippen LogP contribution in [0.4, 0.5) is 10.6 Å². The monoisotopic (exact) mass is 465 g/mol. The standard InChI is InChI=1S/C26H35N5O3/c32-26(29-17-24(23-8-12-34-19-23)30-10-13-33-14-11-30)28-16-20-5-6-25(27-15-20)31-9-7-21-3-1-2-4-22(21)18-31/h1-6,15,23-24H,7-14,16-19H2,(H2,28,29,32). The highest BCUT2D eigenvalue weighted by molar-refractivity contribution is 5.73. The Kier molecular flexibility index (Phi) is 7.58. The average molecular weight is 466 g/mol. The van der Waals surface area contributed by atoms with Crippen LogP contribution in [-0.4, -0.2) is 74.6 Å². The summed E-state index contributed by atoms with van der Waals surface area (Å²) in [6.07, 6.45) is 3.95. The van der Waals surface area contributed by atoms with Crippen molar-refractivity contribution in [2.24, 2.45) is 5.92 Å². The summed E-state index contributed by atoms with van der Waals surface area (Å²) < 4.78 is 11.1. The van der Waals surface area contributed by atoms with Crippen LogP contribution in [0.5, 0.6) is 0 Å². The minimum absolute atomic E-state index is 0.145. The van der Waals surface area contributed by atoms with Gasteiger partial charge in [0.15, 0.2) is 0 Å². The second-order valence-corrected chi connectivity index (χ2v) is 9.37. The molecule has 0 radical (unpaired) electrons. The third-order valence-corrected chi connectivity index (χ3v) is 7.21. The molecule has 3 aliphatic heterocycles. The van der Waals surface area contributed by atoms with E-state index in [2.05, 4.69) is 61.8 Å². The number of benzene rings is 1. The first kappa shape index (κ1) is 23.1. The highest BCUT2D eigenvalue weighted by Crippen LogP contribution is 2.23. The molecule has 2 aromatic rings. The third kappa shape index (κ3) is 5.68. The summed E-state index contributed by atoms with van der Waals surface area (Å²) in [5, 5.41) is 6.06. The van der Waals surface area contributed by atoms with Crippen LogP contribution in [0.1, 0.15) is 23.1 Å². The molecule has 2 unspecified atom stereocenters. The number of carbonyl (C=O) groups is 1. The second kappa shape index (κ2) is 11.2. The van der Waals surface area contributed by atoms with Crippen molar-refractivity contribution in [3.05, 3.63) is 59.3 Å². The molecule has 5 rings (SSSR count). The molecule has 2 atom stereocenters. The zero-order valence-corrected chi connectivity index (χ0v) is 19.7. The first-order valence-corrected chi connectivity index (χ1v) is 12.4. The number of rotatable bonds is 7. The van der Waals surface area contributed by atoms with Gasteiger partial charge in [0.25, 0.3) is 0 Å². The Morgan fingerprint density at radius 2 is 1.88 bits per heavy atom. The van der Waals surface area contributed by atoms with E-state index >= 15 is 0 Å². The summed E-state index contributed by atoms with van der Waals surface area (Å²) in [6.45, 7) is 7.84. The summed E-state index contributed by atoms with van der Waals surface area (Å²) in [5.41, 5.74) is 3.80. The zero-order chi connectivity index (χ0) is 23.2. The Morgan fingerprint density at radius 1 is 1.03 bits per heavy atom. The smallest absolute Gasteiger partial charge is 0.315 e. The molecule has 8 nitrogen and oxygen atoms in total. The molecule has 0 aliphatic carbocycles. The molecule has 1 aromatic carbocycles. The van der Waals surface area contributed by atoms with E-state index in [9.17, 15) is 4.79 Å². The molecule has 8 heteroatoms. The zero-order valence-electron chi connectivity index (χ0n) is 19.7. The molecule has 0 saturated carbocycles. The predicted octanol–water partition coefficient (Wildman–Crippen LogP) is 2.18. The van der Waals surface area contributed by atoms with Gasteiger partial charge in [-0.05, 0) is 35.6 Å². The number of pyridine rings is 1. The fourth-order valence-corrected chi connectivity index (χ4v) is 5.20. The topological polar surface area (TPSA) is 79.0 Å². The average Bonchev–Trinajstić information content (AvgIpc) is 3.43. The lowest BCUT2D eigenvalue weighted by Crippen LogP contribution is -2.53. The van der Waals surface area contributed by atoms with Crippen LogP contribution in [0.3, 0.4) is 0 Å². The number of nitrogens with one attached hydrogen (secondary N) is 2. The maximum atomic E-state index is 12.5. The van der Waals surface area contributed by atoms with Crippen molar-refractivity contribution in [3.63, 3.8) is 0 Å². The number of aromatic nitrogens is 1. The number of hydrogen-bond donors (Lipinski definition) is 2. The van der Waals surface area contributed by atoms with Gasteiger partial charge < -0.3 is 25.0 Å². The lowest BCUT2D eigenvalue weighted by molar-refractivity contribution is 0.00212. The minimum atomic E-state index is -0.145. The van der Waals surface area contributed by atoms with Crippen molar-refractivity contribution >= 4 is 11.8 Å². The van der Waals surface area contributed by atoms with Gasteiger partial charge in [-0.15, -0.1) is 0 Å². The van der Waals surface area contributed by atoms with Gasteiger partial charge in [-0.2, -0.15) is 0 Å². The fourth-order valence-electron chi connectivity index (χ4n) is 5.20. The van der Waals surface area contributed by atoms with Crippen LogP contribution in [0.15, 0.2) is 42.6 Å². The molecule has 182 valence electrons.